The van der Waals surface area contributed by atoms with Gasteiger partial charge in [0.15, 0.2) is 0 Å². The Morgan fingerprint density at radius 3 is 1.95 bits per heavy atom. The number of ether oxygens (including phenoxy) is 1. The maximum absolute atomic E-state index is 9.94. The molecule has 0 spiro atoms. The van der Waals surface area contributed by atoms with Gasteiger partial charge in [0.05, 0.1) is 12.2 Å². The SMILES string of the molecule is OC1CCOC(C(c2ccccc2)c2ccccc2)C1. The summed E-state index contributed by atoms with van der Waals surface area (Å²) in [7, 11) is 0. The van der Waals surface area contributed by atoms with Gasteiger partial charge in [0.25, 0.3) is 0 Å². The van der Waals surface area contributed by atoms with Crippen LogP contribution in [0.15, 0.2) is 60.7 Å². The van der Waals surface area contributed by atoms with Crippen molar-refractivity contribution in [3.63, 3.8) is 0 Å². The molecule has 2 unspecified atom stereocenters. The van der Waals surface area contributed by atoms with E-state index in [-0.39, 0.29) is 18.1 Å². The quantitative estimate of drug-likeness (QED) is 0.925. The summed E-state index contributed by atoms with van der Waals surface area (Å²) in [4.78, 5) is 0. The summed E-state index contributed by atoms with van der Waals surface area (Å²) in [5.74, 6) is 0.187. The Morgan fingerprint density at radius 1 is 0.900 bits per heavy atom. The molecule has 3 rings (SSSR count). The monoisotopic (exact) mass is 268 g/mol. The van der Waals surface area contributed by atoms with Crippen molar-refractivity contribution in [2.75, 3.05) is 6.61 Å². The van der Waals surface area contributed by atoms with Crippen LogP contribution in [0.2, 0.25) is 0 Å². The van der Waals surface area contributed by atoms with Gasteiger partial charge in [0, 0.05) is 18.9 Å². The maximum atomic E-state index is 9.94. The van der Waals surface area contributed by atoms with Crippen molar-refractivity contribution in [1.29, 1.82) is 0 Å². The minimum Gasteiger partial charge on any atom is -0.393 e. The van der Waals surface area contributed by atoms with E-state index in [9.17, 15) is 5.11 Å². The average Bonchev–Trinajstić information content (AvgIpc) is 2.50. The molecule has 2 nitrogen and oxygen atoms in total. The van der Waals surface area contributed by atoms with Crippen LogP contribution in [0.1, 0.15) is 29.9 Å². The lowest BCUT2D eigenvalue weighted by Gasteiger charge is -2.33. The highest BCUT2D eigenvalue weighted by Crippen LogP contribution is 2.34. The van der Waals surface area contributed by atoms with Crippen LogP contribution in [0.25, 0.3) is 0 Å². The molecule has 0 radical (unpaired) electrons. The van der Waals surface area contributed by atoms with Gasteiger partial charge in [-0.25, -0.2) is 0 Å². The summed E-state index contributed by atoms with van der Waals surface area (Å²) in [6.07, 6.45) is 1.24. The van der Waals surface area contributed by atoms with Crippen molar-refractivity contribution in [2.45, 2.75) is 31.0 Å². The van der Waals surface area contributed by atoms with E-state index in [1.807, 2.05) is 12.1 Å². The fourth-order valence-electron chi connectivity index (χ4n) is 2.98. The van der Waals surface area contributed by atoms with Crippen molar-refractivity contribution >= 4 is 0 Å². The van der Waals surface area contributed by atoms with Crippen LogP contribution in [-0.2, 0) is 4.74 Å². The third-order valence-electron chi connectivity index (χ3n) is 3.98. The molecular formula is C18H20O2. The van der Waals surface area contributed by atoms with Gasteiger partial charge < -0.3 is 9.84 Å². The zero-order valence-corrected chi connectivity index (χ0v) is 11.5. The molecule has 2 heteroatoms. The van der Waals surface area contributed by atoms with Crippen LogP contribution < -0.4 is 0 Å². The van der Waals surface area contributed by atoms with Crippen LogP contribution in [-0.4, -0.2) is 23.9 Å². The predicted octanol–water partition coefficient (Wildman–Crippen LogP) is 3.36. The first kappa shape index (κ1) is 13.3. The van der Waals surface area contributed by atoms with Crippen molar-refractivity contribution in [2.24, 2.45) is 0 Å². The van der Waals surface area contributed by atoms with Gasteiger partial charge in [-0.2, -0.15) is 0 Å². The van der Waals surface area contributed by atoms with E-state index in [4.69, 9.17) is 4.74 Å². The Labute approximate surface area is 120 Å². The number of rotatable bonds is 3. The number of aliphatic hydroxyl groups is 1. The summed E-state index contributed by atoms with van der Waals surface area (Å²) in [6.45, 7) is 0.641. The van der Waals surface area contributed by atoms with Gasteiger partial charge in [-0.3, -0.25) is 0 Å². The Bertz CT molecular complexity index is 484. The zero-order valence-electron chi connectivity index (χ0n) is 11.5. The molecule has 0 amide bonds. The second-order valence-electron chi connectivity index (χ2n) is 5.39. The normalized spacial score (nSPS) is 22.9. The molecule has 20 heavy (non-hydrogen) atoms. The molecule has 0 aromatic heterocycles. The van der Waals surface area contributed by atoms with E-state index in [2.05, 4.69) is 48.5 Å². The number of hydrogen-bond acceptors (Lipinski definition) is 2. The lowest BCUT2D eigenvalue weighted by molar-refractivity contribution is -0.0496. The Hall–Kier alpha value is -1.64. The van der Waals surface area contributed by atoms with E-state index in [1.165, 1.54) is 11.1 Å². The molecule has 0 aliphatic carbocycles. The molecule has 104 valence electrons. The number of hydrogen-bond donors (Lipinski definition) is 1. The zero-order chi connectivity index (χ0) is 13.8. The maximum Gasteiger partial charge on any atom is 0.0708 e. The fourth-order valence-corrected chi connectivity index (χ4v) is 2.98. The molecule has 0 saturated carbocycles. The third-order valence-corrected chi connectivity index (χ3v) is 3.98. The van der Waals surface area contributed by atoms with Crippen molar-refractivity contribution in [1.82, 2.24) is 0 Å². The Balaban J connectivity index is 1.95. The van der Waals surface area contributed by atoms with Gasteiger partial charge in [-0.15, -0.1) is 0 Å². The highest BCUT2D eigenvalue weighted by Gasteiger charge is 2.30. The molecule has 1 fully saturated rings. The number of benzene rings is 2. The summed E-state index contributed by atoms with van der Waals surface area (Å²) in [6, 6.07) is 20.9. The molecule has 2 atom stereocenters. The van der Waals surface area contributed by atoms with Crippen LogP contribution >= 0.6 is 0 Å². The molecule has 2 aromatic carbocycles. The van der Waals surface area contributed by atoms with E-state index in [1.54, 1.807) is 0 Å². The standard InChI is InChI=1S/C18H20O2/c19-16-11-12-20-17(13-16)18(14-7-3-1-4-8-14)15-9-5-2-6-10-15/h1-10,16-19H,11-13H2. The van der Waals surface area contributed by atoms with Crippen molar-refractivity contribution < 1.29 is 9.84 Å². The predicted molar refractivity (Wildman–Crippen MR) is 79.7 cm³/mol. The lowest BCUT2D eigenvalue weighted by atomic mass is 9.83. The minimum absolute atomic E-state index is 0.0450. The van der Waals surface area contributed by atoms with Crippen molar-refractivity contribution in [3.05, 3.63) is 71.8 Å². The Kier molecular flexibility index (Phi) is 4.14. The van der Waals surface area contributed by atoms with Crippen LogP contribution in [0.5, 0.6) is 0 Å². The van der Waals surface area contributed by atoms with Gasteiger partial charge in [-0.1, -0.05) is 60.7 Å². The second-order valence-corrected chi connectivity index (χ2v) is 5.39. The van der Waals surface area contributed by atoms with Gasteiger partial charge in [0.1, 0.15) is 0 Å². The van der Waals surface area contributed by atoms with E-state index in [0.29, 0.717) is 13.0 Å². The van der Waals surface area contributed by atoms with Gasteiger partial charge in [0.2, 0.25) is 0 Å². The summed E-state index contributed by atoms with van der Waals surface area (Å²) in [5, 5.41) is 9.94. The van der Waals surface area contributed by atoms with Gasteiger partial charge >= 0.3 is 0 Å². The minimum atomic E-state index is -0.247. The fraction of sp³-hybridized carbons (Fsp3) is 0.333. The first-order valence-corrected chi connectivity index (χ1v) is 7.24. The topological polar surface area (TPSA) is 29.5 Å². The average molecular weight is 268 g/mol. The Morgan fingerprint density at radius 2 is 1.45 bits per heavy atom. The highest BCUT2D eigenvalue weighted by atomic mass is 16.5. The molecule has 1 heterocycles. The van der Waals surface area contributed by atoms with E-state index >= 15 is 0 Å². The second kappa shape index (κ2) is 6.21. The summed E-state index contributed by atoms with van der Waals surface area (Å²) in [5.41, 5.74) is 2.50. The molecule has 1 aliphatic rings. The lowest BCUT2D eigenvalue weighted by Crippen LogP contribution is -2.34. The summed E-state index contributed by atoms with van der Waals surface area (Å²) < 4.78 is 5.96. The first-order valence-electron chi connectivity index (χ1n) is 7.24. The largest absolute Gasteiger partial charge is 0.393 e. The van der Waals surface area contributed by atoms with Crippen molar-refractivity contribution in [3.8, 4) is 0 Å². The summed E-state index contributed by atoms with van der Waals surface area (Å²) >= 11 is 0. The molecule has 1 saturated heterocycles. The number of aliphatic hydroxyl groups excluding tert-OH is 1. The van der Waals surface area contributed by atoms with Crippen LogP contribution in [0.4, 0.5) is 0 Å². The smallest absolute Gasteiger partial charge is 0.0708 e. The first-order chi connectivity index (χ1) is 9.84. The molecule has 1 aliphatic heterocycles. The third kappa shape index (κ3) is 2.92. The molecule has 0 bridgehead atoms. The van der Waals surface area contributed by atoms with E-state index < -0.39 is 0 Å². The van der Waals surface area contributed by atoms with Crippen LogP contribution in [0.3, 0.4) is 0 Å². The molecule has 1 N–H and O–H groups in total. The van der Waals surface area contributed by atoms with Gasteiger partial charge in [-0.05, 0) is 17.5 Å². The van der Waals surface area contributed by atoms with E-state index in [0.717, 1.165) is 6.42 Å². The molecule has 2 aromatic rings. The van der Waals surface area contributed by atoms with Crippen LogP contribution in [0, 0.1) is 0 Å². The highest BCUT2D eigenvalue weighted by molar-refractivity contribution is 5.34. The molecular weight excluding hydrogens is 248 g/mol.